The van der Waals surface area contributed by atoms with Crippen LogP contribution in [0.3, 0.4) is 0 Å². The number of aliphatic hydroxyl groups excluding tert-OH is 1. The number of rotatable bonds is 3. The lowest BCUT2D eigenvalue weighted by Gasteiger charge is -2.29. The Bertz CT molecular complexity index is 395. The average Bonchev–Trinajstić information content (AvgIpc) is 2.54. The van der Waals surface area contributed by atoms with Crippen LogP contribution in [-0.4, -0.2) is 29.1 Å². The molecule has 1 fully saturated rings. The molecule has 0 aliphatic carbocycles. The highest BCUT2D eigenvalue weighted by Crippen LogP contribution is 2.22. The van der Waals surface area contributed by atoms with Crippen molar-refractivity contribution in [3.05, 3.63) is 34.9 Å². The molecule has 19 heavy (non-hydrogen) atoms. The van der Waals surface area contributed by atoms with Crippen molar-refractivity contribution in [3.63, 3.8) is 0 Å². The summed E-state index contributed by atoms with van der Waals surface area (Å²) in [5.74, 6) is 0. The van der Waals surface area contributed by atoms with E-state index < -0.39 is 0 Å². The molecule has 2 atom stereocenters. The summed E-state index contributed by atoms with van der Waals surface area (Å²) in [4.78, 5) is 2.45. The van der Waals surface area contributed by atoms with E-state index in [-0.39, 0.29) is 6.10 Å². The van der Waals surface area contributed by atoms with Crippen molar-refractivity contribution >= 4 is 0 Å². The molecule has 2 nitrogen and oxygen atoms in total. The van der Waals surface area contributed by atoms with Crippen molar-refractivity contribution in [2.45, 2.75) is 58.6 Å². The zero-order valence-corrected chi connectivity index (χ0v) is 12.5. The number of hydrogen-bond acceptors (Lipinski definition) is 2. The molecule has 2 rings (SSSR count). The van der Waals surface area contributed by atoms with Crippen LogP contribution in [-0.2, 0) is 0 Å². The van der Waals surface area contributed by atoms with Gasteiger partial charge in [-0.3, -0.25) is 4.90 Å². The molecule has 1 aliphatic heterocycles. The van der Waals surface area contributed by atoms with Gasteiger partial charge >= 0.3 is 0 Å². The smallest absolute Gasteiger partial charge is 0.0917 e. The predicted molar refractivity (Wildman–Crippen MR) is 80.4 cm³/mol. The van der Waals surface area contributed by atoms with Gasteiger partial charge in [-0.15, -0.1) is 0 Å². The zero-order chi connectivity index (χ0) is 13.8. The molecule has 0 saturated carbocycles. The molecule has 1 aromatic rings. The van der Waals surface area contributed by atoms with E-state index in [2.05, 4.69) is 43.9 Å². The van der Waals surface area contributed by atoms with Gasteiger partial charge in [0.1, 0.15) is 0 Å². The fourth-order valence-corrected chi connectivity index (χ4v) is 3.14. The summed E-state index contributed by atoms with van der Waals surface area (Å²) in [6, 6.07) is 6.98. The first-order valence-corrected chi connectivity index (χ1v) is 7.56. The Morgan fingerprint density at radius 1 is 1.16 bits per heavy atom. The lowest BCUT2D eigenvalue weighted by molar-refractivity contribution is 0.0928. The van der Waals surface area contributed by atoms with E-state index in [1.54, 1.807) is 0 Å². The summed E-state index contributed by atoms with van der Waals surface area (Å²) < 4.78 is 0. The summed E-state index contributed by atoms with van der Waals surface area (Å²) in [5, 5.41) is 10.5. The molecule has 0 spiro atoms. The Balaban J connectivity index is 2.04. The Morgan fingerprint density at radius 3 is 2.53 bits per heavy atom. The second kappa shape index (κ2) is 6.53. The van der Waals surface area contributed by atoms with Gasteiger partial charge in [0.05, 0.1) is 6.10 Å². The summed E-state index contributed by atoms with van der Waals surface area (Å²) in [7, 11) is 0. The molecule has 0 bridgehead atoms. The maximum absolute atomic E-state index is 10.5. The van der Waals surface area contributed by atoms with E-state index in [0.717, 1.165) is 18.7 Å². The third-order valence-electron chi connectivity index (χ3n) is 4.23. The summed E-state index contributed by atoms with van der Waals surface area (Å²) in [5.41, 5.74) is 3.53. The van der Waals surface area contributed by atoms with E-state index in [4.69, 9.17) is 0 Å². The minimum atomic E-state index is -0.362. The van der Waals surface area contributed by atoms with E-state index in [1.807, 2.05) is 0 Å². The molecular formula is C17H27NO. The van der Waals surface area contributed by atoms with Crippen molar-refractivity contribution in [1.29, 1.82) is 0 Å². The first-order valence-electron chi connectivity index (χ1n) is 7.56. The van der Waals surface area contributed by atoms with Gasteiger partial charge in [-0.05, 0) is 45.7 Å². The van der Waals surface area contributed by atoms with Crippen molar-refractivity contribution < 1.29 is 5.11 Å². The van der Waals surface area contributed by atoms with Gasteiger partial charge in [-0.2, -0.15) is 0 Å². The number of likely N-dealkylation sites (tertiary alicyclic amines) is 1. The molecule has 1 aliphatic rings. The van der Waals surface area contributed by atoms with Crippen molar-refractivity contribution in [2.24, 2.45) is 0 Å². The van der Waals surface area contributed by atoms with Crippen LogP contribution in [0.15, 0.2) is 18.2 Å². The number of aliphatic hydroxyl groups is 1. The fourth-order valence-electron chi connectivity index (χ4n) is 3.14. The quantitative estimate of drug-likeness (QED) is 0.898. The van der Waals surface area contributed by atoms with Gasteiger partial charge in [0.15, 0.2) is 0 Å². The monoisotopic (exact) mass is 261 g/mol. The number of aryl methyl sites for hydroxylation is 2. The summed E-state index contributed by atoms with van der Waals surface area (Å²) >= 11 is 0. The van der Waals surface area contributed by atoms with Gasteiger partial charge in [-0.25, -0.2) is 0 Å². The summed E-state index contributed by atoms with van der Waals surface area (Å²) in [6.07, 6.45) is 4.83. The number of nitrogens with zero attached hydrogens (tertiary/aromatic N) is 1. The predicted octanol–water partition coefficient (Wildman–Crippen LogP) is 3.60. The van der Waals surface area contributed by atoms with E-state index >= 15 is 0 Å². The normalized spacial score (nSPS) is 23.1. The van der Waals surface area contributed by atoms with Gasteiger partial charge in [0, 0.05) is 12.6 Å². The molecule has 0 radical (unpaired) electrons. The Kier molecular flexibility index (Phi) is 5.00. The molecule has 2 heteroatoms. The molecule has 2 unspecified atom stereocenters. The molecule has 1 aromatic carbocycles. The molecule has 1 heterocycles. The van der Waals surface area contributed by atoms with Gasteiger partial charge in [0.25, 0.3) is 0 Å². The van der Waals surface area contributed by atoms with E-state index in [0.29, 0.717) is 6.04 Å². The van der Waals surface area contributed by atoms with Crippen LogP contribution in [0, 0.1) is 13.8 Å². The van der Waals surface area contributed by atoms with Crippen LogP contribution >= 0.6 is 0 Å². The molecule has 0 amide bonds. The third kappa shape index (κ3) is 4.05. The lowest BCUT2D eigenvalue weighted by Crippen LogP contribution is -2.36. The topological polar surface area (TPSA) is 23.5 Å². The first-order chi connectivity index (χ1) is 9.06. The van der Waals surface area contributed by atoms with E-state index in [1.165, 1.54) is 36.8 Å². The maximum Gasteiger partial charge on any atom is 0.0917 e. The van der Waals surface area contributed by atoms with Crippen molar-refractivity contribution in [2.75, 3.05) is 13.1 Å². The fraction of sp³-hybridized carbons (Fsp3) is 0.647. The highest BCUT2D eigenvalue weighted by atomic mass is 16.3. The average molecular weight is 261 g/mol. The van der Waals surface area contributed by atoms with Crippen molar-refractivity contribution in [1.82, 2.24) is 4.90 Å². The Hall–Kier alpha value is -0.860. The number of hydrogen-bond donors (Lipinski definition) is 1. The maximum atomic E-state index is 10.5. The van der Waals surface area contributed by atoms with Crippen LogP contribution < -0.4 is 0 Å². The highest BCUT2D eigenvalue weighted by Gasteiger charge is 2.20. The van der Waals surface area contributed by atoms with Crippen molar-refractivity contribution in [3.8, 4) is 0 Å². The lowest BCUT2D eigenvalue weighted by atomic mass is 10.0. The Morgan fingerprint density at radius 2 is 1.84 bits per heavy atom. The van der Waals surface area contributed by atoms with Crippen LogP contribution in [0.25, 0.3) is 0 Å². The second-order valence-corrected chi connectivity index (χ2v) is 6.13. The third-order valence-corrected chi connectivity index (χ3v) is 4.23. The standard InChI is InChI=1S/C17H27NO/c1-13-9-14(2)11-16(10-13)17(19)12-18-8-6-4-5-7-15(18)3/h9-11,15,17,19H,4-8,12H2,1-3H3. The summed E-state index contributed by atoms with van der Waals surface area (Å²) in [6.45, 7) is 8.38. The largest absolute Gasteiger partial charge is 0.387 e. The number of benzene rings is 1. The first kappa shape index (κ1) is 14.5. The van der Waals surface area contributed by atoms with Crippen LogP contribution in [0.5, 0.6) is 0 Å². The SMILES string of the molecule is Cc1cc(C)cc(C(O)CN2CCCCCC2C)c1. The second-order valence-electron chi connectivity index (χ2n) is 6.13. The van der Waals surface area contributed by atoms with Crippen LogP contribution in [0.2, 0.25) is 0 Å². The highest BCUT2D eigenvalue weighted by molar-refractivity contribution is 5.30. The molecule has 0 aromatic heterocycles. The molecule has 1 N–H and O–H groups in total. The van der Waals surface area contributed by atoms with Crippen LogP contribution in [0.4, 0.5) is 0 Å². The minimum absolute atomic E-state index is 0.362. The molecule has 106 valence electrons. The number of β-amino-alcohol motifs (C(OH)–C–C–N with tert-alkyl or cyclic N) is 1. The van der Waals surface area contributed by atoms with Crippen LogP contribution in [0.1, 0.15) is 55.4 Å². The van der Waals surface area contributed by atoms with Gasteiger partial charge < -0.3 is 5.11 Å². The van der Waals surface area contributed by atoms with E-state index in [9.17, 15) is 5.11 Å². The van der Waals surface area contributed by atoms with Gasteiger partial charge in [0.2, 0.25) is 0 Å². The molecular weight excluding hydrogens is 234 g/mol. The van der Waals surface area contributed by atoms with Gasteiger partial charge in [-0.1, -0.05) is 42.2 Å². The molecule has 1 saturated heterocycles. The Labute approximate surface area is 117 Å². The minimum Gasteiger partial charge on any atom is -0.387 e. The zero-order valence-electron chi connectivity index (χ0n) is 12.5.